The molecule has 2 rings (SSSR count). The minimum atomic E-state index is -0.113. The van der Waals surface area contributed by atoms with Gasteiger partial charge in [0.2, 0.25) is 0 Å². The lowest BCUT2D eigenvalue weighted by molar-refractivity contribution is 0.0943. The Morgan fingerprint density at radius 3 is 2.35 bits per heavy atom. The van der Waals surface area contributed by atoms with E-state index in [1.165, 1.54) is 0 Å². The number of hydrogen-bond donors (Lipinski definition) is 1. The molecule has 0 aliphatic heterocycles. The normalized spacial score (nSPS) is 10.4. The number of para-hydroxylation sites is 2. The van der Waals surface area contributed by atoms with Gasteiger partial charge in [-0.15, -0.1) is 0 Å². The number of amides is 1. The summed E-state index contributed by atoms with van der Waals surface area (Å²) in [6.45, 7) is 5.56. The van der Waals surface area contributed by atoms with Crippen molar-refractivity contribution >= 4 is 5.91 Å². The van der Waals surface area contributed by atoms with E-state index < -0.39 is 0 Å². The fraction of sp³-hybridized carbons (Fsp3) is 0.316. The number of rotatable bonds is 8. The number of carbonyl (C=O) groups excluding carboxylic acids is 1. The maximum atomic E-state index is 12.2. The highest BCUT2D eigenvalue weighted by Crippen LogP contribution is 2.18. The molecule has 23 heavy (non-hydrogen) atoms. The van der Waals surface area contributed by atoms with Crippen LogP contribution in [-0.2, 0) is 0 Å². The van der Waals surface area contributed by atoms with Crippen LogP contribution in [0.3, 0.4) is 0 Å². The summed E-state index contributed by atoms with van der Waals surface area (Å²) in [6.07, 6.45) is 0. The smallest absolute Gasteiger partial charge is 0.255 e. The number of benzene rings is 2. The second-order valence-corrected chi connectivity index (χ2v) is 5.61. The van der Waals surface area contributed by atoms with Gasteiger partial charge in [-0.05, 0) is 30.2 Å². The van der Waals surface area contributed by atoms with E-state index in [1.807, 2.05) is 42.5 Å². The van der Waals surface area contributed by atoms with E-state index >= 15 is 0 Å². The van der Waals surface area contributed by atoms with E-state index in [4.69, 9.17) is 9.47 Å². The number of hydrogen-bond acceptors (Lipinski definition) is 3. The first-order valence-corrected chi connectivity index (χ1v) is 7.84. The van der Waals surface area contributed by atoms with Gasteiger partial charge < -0.3 is 14.8 Å². The van der Waals surface area contributed by atoms with Crippen molar-refractivity contribution in [3.63, 3.8) is 0 Å². The molecule has 0 aliphatic rings. The third-order valence-corrected chi connectivity index (χ3v) is 3.16. The van der Waals surface area contributed by atoms with Crippen molar-refractivity contribution in [1.82, 2.24) is 5.32 Å². The quantitative estimate of drug-likeness (QED) is 0.758. The molecular weight excluding hydrogens is 290 g/mol. The molecule has 1 N–H and O–H groups in total. The van der Waals surface area contributed by atoms with Crippen LogP contribution in [0.25, 0.3) is 0 Å². The van der Waals surface area contributed by atoms with Crippen LogP contribution in [0.5, 0.6) is 11.5 Å². The molecule has 0 fully saturated rings. The fourth-order valence-electron chi connectivity index (χ4n) is 2.00. The zero-order valence-electron chi connectivity index (χ0n) is 13.6. The Balaban J connectivity index is 1.86. The first kappa shape index (κ1) is 16.9. The van der Waals surface area contributed by atoms with Crippen LogP contribution < -0.4 is 14.8 Å². The van der Waals surface area contributed by atoms with E-state index in [-0.39, 0.29) is 5.91 Å². The first-order chi connectivity index (χ1) is 11.2. The first-order valence-electron chi connectivity index (χ1n) is 7.84. The van der Waals surface area contributed by atoms with E-state index in [0.29, 0.717) is 37.0 Å². The van der Waals surface area contributed by atoms with Gasteiger partial charge in [-0.3, -0.25) is 4.79 Å². The molecule has 0 saturated heterocycles. The molecule has 4 nitrogen and oxygen atoms in total. The van der Waals surface area contributed by atoms with E-state index in [1.54, 1.807) is 12.1 Å². The topological polar surface area (TPSA) is 47.6 Å². The molecule has 0 heterocycles. The lowest BCUT2D eigenvalue weighted by Gasteiger charge is -2.13. The van der Waals surface area contributed by atoms with Gasteiger partial charge in [0, 0.05) is 6.54 Å². The molecule has 122 valence electrons. The van der Waals surface area contributed by atoms with Gasteiger partial charge in [-0.2, -0.15) is 0 Å². The molecule has 0 radical (unpaired) electrons. The predicted molar refractivity (Wildman–Crippen MR) is 91.0 cm³/mol. The second-order valence-electron chi connectivity index (χ2n) is 5.61. The Kier molecular flexibility index (Phi) is 6.48. The summed E-state index contributed by atoms with van der Waals surface area (Å²) >= 11 is 0. The van der Waals surface area contributed by atoms with Crippen molar-refractivity contribution in [2.24, 2.45) is 5.92 Å². The van der Waals surface area contributed by atoms with Gasteiger partial charge in [0.05, 0.1) is 5.56 Å². The lowest BCUT2D eigenvalue weighted by Crippen LogP contribution is -2.27. The Morgan fingerprint density at radius 2 is 1.61 bits per heavy atom. The number of carbonyl (C=O) groups is 1. The SMILES string of the molecule is CC(C)CNC(=O)c1ccccc1OCCOc1ccccc1. The molecule has 2 aromatic carbocycles. The maximum absolute atomic E-state index is 12.2. The average molecular weight is 313 g/mol. The highest BCUT2D eigenvalue weighted by molar-refractivity contribution is 5.96. The molecule has 0 atom stereocenters. The Bertz CT molecular complexity index is 611. The van der Waals surface area contributed by atoms with Crippen molar-refractivity contribution in [3.05, 3.63) is 60.2 Å². The summed E-state index contributed by atoms with van der Waals surface area (Å²) in [5.74, 6) is 1.68. The van der Waals surface area contributed by atoms with E-state index in [9.17, 15) is 4.79 Å². The summed E-state index contributed by atoms with van der Waals surface area (Å²) in [7, 11) is 0. The van der Waals surface area contributed by atoms with Gasteiger partial charge in [-0.1, -0.05) is 44.2 Å². The summed E-state index contributed by atoms with van der Waals surface area (Å²) in [4.78, 5) is 12.2. The van der Waals surface area contributed by atoms with Gasteiger partial charge in [0.25, 0.3) is 5.91 Å². The van der Waals surface area contributed by atoms with Crippen LogP contribution in [0.1, 0.15) is 24.2 Å². The third kappa shape index (κ3) is 5.66. The van der Waals surface area contributed by atoms with Crippen LogP contribution >= 0.6 is 0 Å². The molecule has 0 aliphatic carbocycles. The van der Waals surface area contributed by atoms with Gasteiger partial charge >= 0.3 is 0 Å². The molecule has 4 heteroatoms. The fourth-order valence-corrected chi connectivity index (χ4v) is 2.00. The Labute approximate surface area is 137 Å². The van der Waals surface area contributed by atoms with Crippen LogP contribution in [0, 0.1) is 5.92 Å². The summed E-state index contributed by atoms with van der Waals surface area (Å²) < 4.78 is 11.3. The highest BCUT2D eigenvalue weighted by Gasteiger charge is 2.12. The molecule has 2 aromatic rings. The zero-order valence-corrected chi connectivity index (χ0v) is 13.6. The summed E-state index contributed by atoms with van der Waals surface area (Å²) in [5.41, 5.74) is 0.549. The number of ether oxygens (including phenoxy) is 2. The van der Waals surface area contributed by atoms with Crippen molar-refractivity contribution in [2.75, 3.05) is 19.8 Å². The third-order valence-electron chi connectivity index (χ3n) is 3.16. The molecule has 0 unspecified atom stereocenters. The molecule has 0 saturated carbocycles. The lowest BCUT2D eigenvalue weighted by atomic mass is 10.1. The van der Waals surface area contributed by atoms with Crippen molar-refractivity contribution in [2.45, 2.75) is 13.8 Å². The van der Waals surface area contributed by atoms with Crippen molar-refractivity contribution in [1.29, 1.82) is 0 Å². The Morgan fingerprint density at radius 1 is 0.957 bits per heavy atom. The zero-order chi connectivity index (χ0) is 16.5. The minimum absolute atomic E-state index is 0.113. The Hall–Kier alpha value is -2.49. The standard InChI is InChI=1S/C19H23NO3/c1-15(2)14-20-19(21)17-10-6-7-11-18(17)23-13-12-22-16-8-4-3-5-9-16/h3-11,15H,12-14H2,1-2H3,(H,20,21). The summed E-state index contributed by atoms with van der Waals surface area (Å²) in [5, 5.41) is 2.90. The van der Waals surface area contributed by atoms with Crippen LogP contribution in [0.2, 0.25) is 0 Å². The van der Waals surface area contributed by atoms with Crippen LogP contribution in [-0.4, -0.2) is 25.7 Å². The van der Waals surface area contributed by atoms with E-state index in [2.05, 4.69) is 19.2 Å². The van der Waals surface area contributed by atoms with Crippen molar-refractivity contribution in [3.8, 4) is 11.5 Å². The maximum Gasteiger partial charge on any atom is 0.255 e. The summed E-state index contributed by atoms with van der Waals surface area (Å²) in [6, 6.07) is 16.8. The van der Waals surface area contributed by atoms with Crippen LogP contribution in [0.15, 0.2) is 54.6 Å². The monoisotopic (exact) mass is 313 g/mol. The second kappa shape index (κ2) is 8.83. The largest absolute Gasteiger partial charge is 0.490 e. The average Bonchev–Trinajstić information content (AvgIpc) is 2.58. The molecule has 1 amide bonds. The van der Waals surface area contributed by atoms with Crippen molar-refractivity contribution < 1.29 is 14.3 Å². The molecule has 0 bridgehead atoms. The molecular formula is C19H23NO3. The number of nitrogens with one attached hydrogen (secondary N) is 1. The van der Waals surface area contributed by atoms with E-state index in [0.717, 1.165) is 5.75 Å². The minimum Gasteiger partial charge on any atom is -0.490 e. The van der Waals surface area contributed by atoms with Gasteiger partial charge in [-0.25, -0.2) is 0 Å². The highest BCUT2D eigenvalue weighted by atomic mass is 16.5. The molecule has 0 spiro atoms. The molecule has 0 aromatic heterocycles. The van der Waals surface area contributed by atoms with Gasteiger partial charge in [0.1, 0.15) is 24.7 Å². The van der Waals surface area contributed by atoms with Gasteiger partial charge in [0.15, 0.2) is 0 Å². The van der Waals surface area contributed by atoms with Crippen LogP contribution in [0.4, 0.5) is 0 Å². The predicted octanol–water partition coefficient (Wildman–Crippen LogP) is 3.53.